The van der Waals surface area contributed by atoms with Gasteiger partial charge in [-0.1, -0.05) is 18.2 Å². The zero-order valence-corrected chi connectivity index (χ0v) is 14.0. The molecule has 9 heteroatoms. The Morgan fingerprint density at radius 1 is 1.16 bits per heavy atom. The summed E-state index contributed by atoms with van der Waals surface area (Å²) in [6.45, 7) is 0. The summed E-state index contributed by atoms with van der Waals surface area (Å²) < 4.78 is 25.6. The Kier molecular flexibility index (Phi) is 4.24. The number of nitro benzene ring substituents is 1. The van der Waals surface area contributed by atoms with Gasteiger partial charge in [0.25, 0.3) is 5.69 Å². The van der Waals surface area contributed by atoms with Crippen molar-refractivity contribution in [3.8, 4) is 5.69 Å². The predicted octanol–water partition coefficient (Wildman–Crippen LogP) is 2.93. The fourth-order valence-corrected chi connectivity index (χ4v) is 3.15. The van der Waals surface area contributed by atoms with Crippen LogP contribution >= 0.6 is 0 Å². The van der Waals surface area contributed by atoms with Crippen LogP contribution in [0.1, 0.15) is 0 Å². The third kappa shape index (κ3) is 3.66. The third-order valence-corrected chi connectivity index (χ3v) is 4.59. The standard InChI is InChI=1S/C16H14N4O4S/c1-25(23,24)16-9-14(20(21)22)7-8-15(16)18-12-10-17-19(11-12)13-5-3-2-4-6-13/h2-11,18H,1H3. The van der Waals surface area contributed by atoms with E-state index in [1.54, 1.807) is 17.1 Å². The molecule has 0 bridgehead atoms. The van der Waals surface area contributed by atoms with E-state index in [0.717, 1.165) is 18.0 Å². The van der Waals surface area contributed by atoms with Crippen LogP contribution in [0.5, 0.6) is 0 Å². The summed E-state index contributed by atoms with van der Waals surface area (Å²) in [5.74, 6) is 0. The molecule has 25 heavy (non-hydrogen) atoms. The first-order valence-electron chi connectivity index (χ1n) is 7.20. The minimum absolute atomic E-state index is 0.144. The van der Waals surface area contributed by atoms with E-state index >= 15 is 0 Å². The highest BCUT2D eigenvalue weighted by Gasteiger charge is 2.19. The lowest BCUT2D eigenvalue weighted by molar-refractivity contribution is -0.385. The topological polar surface area (TPSA) is 107 Å². The highest BCUT2D eigenvalue weighted by Crippen LogP contribution is 2.29. The van der Waals surface area contributed by atoms with Crippen LogP contribution in [0.4, 0.5) is 17.1 Å². The lowest BCUT2D eigenvalue weighted by Gasteiger charge is -2.09. The molecule has 0 amide bonds. The van der Waals surface area contributed by atoms with Crippen molar-refractivity contribution in [1.29, 1.82) is 0 Å². The minimum atomic E-state index is -3.65. The Hall–Kier alpha value is -3.20. The SMILES string of the molecule is CS(=O)(=O)c1cc([N+](=O)[O-])ccc1Nc1cnn(-c2ccccc2)c1. The molecule has 0 aliphatic carbocycles. The smallest absolute Gasteiger partial charge is 0.270 e. The fraction of sp³-hybridized carbons (Fsp3) is 0.0625. The van der Waals surface area contributed by atoms with Gasteiger partial charge < -0.3 is 5.32 Å². The summed E-state index contributed by atoms with van der Waals surface area (Å²) >= 11 is 0. The van der Waals surface area contributed by atoms with Gasteiger partial charge in [0.1, 0.15) is 0 Å². The maximum absolute atomic E-state index is 12.0. The van der Waals surface area contributed by atoms with Gasteiger partial charge in [0, 0.05) is 18.4 Å². The van der Waals surface area contributed by atoms with Crippen LogP contribution in [0.2, 0.25) is 0 Å². The summed E-state index contributed by atoms with van der Waals surface area (Å²) in [6.07, 6.45) is 4.24. The van der Waals surface area contributed by atoms with Crippen LogP contribution in [0, 0.1) is 10.1 Å². The number of anilines is 2. The van der Waals surface area contributed by atoms with Crippen molar-refractivity contribution in [1.82, 2.24) is 9.78 Å². The van der Waals surface area contributed by atoms with Gasteiger partial charge in [0.05, 0.1) is 39.3 Å². The molecule has 0 unspecified atom stereocenters. The van der Waals surface area contributed by atoms with Crippen LogP contribution in [-0.2, 0) is 9.84 Å². The van der Waals surface area contributed by atoms with E-state index in [0.29, 0.717) is 5.69 Å². The maximum Gasteiger partial charge on any atom is 0.270 e. The molecule has 1 aromatic heterocycles. The summed E-state index contributed by atoms with van der Waals surface area (Å²) in [6, 6.07) is 13.1. The molecule has 3 rings (SSSR count). The Bertz CT molecular complexity index is 1030. The van der Waals surface area contributed by atoms with Crippen LogP contribution in [0.15, 0.2) is 65.8 Å². The Morgan fingerprint density at radius 2 is 1.88 bits per heavy atom. The Labute approximate surface area is 143 Å². The molecule has 0 aliphatic heterocycles. The number of para-hydroxylation sites is 1. The number of sulfone groups is 1. The minimum Gasteiger partial charge on any atom is -0.352 e. The van der Waals surface area contributed by atoms with E-state index in [-0.39, 0.29) is 16.3 Å². The van der Waals surface area contributed by atoms with Gasteiger partial charge >= 0.3 is 0 Å². The summed E-state index contributed by atoms with van der Waals surface area (Å²) in [5, 5.41) is 18.1. The van der Waals surface area contributed by atoms with Crippen LogP contribution in [-0.4, -0.2) is 29.4 Å². The number of nitro groups is 1. The molecule has 0 saturated heterocycles. The highest BCUT2D eigenvalue weighted by molar-refractivity contribution is 7.90. The van der Waals surface area contributed by atoms with Crippen molar-refractivity contribution in [2.45, 2.75) is 4.90 Å². The van der Waals surface area contributed by atoms with E-state index in [9.17, 15) is 18.5 Å². The van der Waals surface area contributed by atoms with E-state index in [1.165, 1.54) is 12.1 Å². The number of rotatable bonds is 5. The monoisotopic (exact) mass is 358 g/mol. The summed E-state index contributed by atoms with van der Waals surface area (Å²) in [4.78, 5) is 10.1. The Balaban J connectivity index is 1.96. The molecule has 8 nitrogen and oxygen atoms in total. The molecule has 3 aromatic rings. The number of nitrogens with one attached hydrogen (secondary N) is 1. The quantitative estimate of drug-likeness (QED) is 0.555. The molecule has 0 atom stereocenters. The molecule has 0 saturated carbocycles. The molecule has 1 heterocycles. The van der Waals surface area contributed by atoms with Gasteiger partial charge in [-0.15, -0.1) is 0 Å². The van der Waals surface area contributed by atoms with Crippen molar-refractivity contribution in [2.75, 3.05) is 11.6 Å². The second-order valence-electron chi connectivity index (χ2n) is 5.34. The average molecular weight is 358 g/mol. The molecule has 128 valence electrons. The lowest BCUT2D eigenvalue weighted by Crippen LogP contribution is -2.03. The molecule has 0 fully saturated rings. The number of hydrogen-bond acceptors (Lipinski definition) is 6. The summed E-state index contributed by atoms with van der Waals surface area (Å²) in [5.41, 5.74) is 1.37. The van der Waals surface area contributed by atoms with E-state index in [4.69, 9.17) is 0 Å². The number of hydrogen-bond donors (Lipinski definition) is 1. The van der Waals surface area contributed by atoms with Gasteiger partial charge in [-0.2, -0.15) is 5.10 Å². The highest BCUT2D eigenvalue weighted by atomic mass is 32.2. The zero-order chi connectivity index (χ0) is 18.0. The van der Waals surface area contributed by atoms with Gasteiger partial charge in [-0.25, -0.2) is 13.1 Å². The molecular weight excluding hydrogens is 344 g/mol. The molecular formula is C16H14N4O4S. The van der Waals surface area contributed by atoms with Crippen molar-refractivity contribution in [3.63, 3.8) is 0 Å². The van der Waals surface area contributed by atoms with E-state index in [1.807, 2.05) is 30.3 Å². The average Bonchev–Trinajstić information content (AvgIpc) is 3.03. The van der Waals surface area contributed by atoms with Gasteiger partial charge in [-0.3, -0.25) is 10.1 Å². The lowest BCUT2D eigenvalue weighted by atomic mass is 10.2. The number of non-ortho nitro benzene ring substituents is 1. The van der Waals surface area contributed by atoms with E-state index < -0.39 is 14.8 Å². The first-order chi connectivity index (χ1) is 11.8. The molecule has 0 radical (unpaired) electrons. The van der Waals surface area contributed by atoms with Crippen molar-refractivity contribution in [2.24, 2.45) is 0 Å². The largest absolute Gasteiger partial charge is 0.352 e. The van der Waals surface area contributed by atoms with Gasteiger partial charge in [-0.05, 0) is 18.2 Å². The molecule has 0 aliphatic rings. The van der Waals surface area contributed by atoms with E-state index in [2.05, 4.69) is 10.4 Å². The number of nitrogens with zero attached hydrogens (tertiary/aromatic N) is 3. The summed E-state index contributed by atoms with van der Waals surface area (Å²) in [7, 11) is -3.65. The molecule has 2 aromatic carbocycles. The predicted molar refractivity (Wildman–Crippen MR) is 93.1 cm³/mol. The third-order valence-electron chi connectivity index (χ3n) is 3.46. The molecule has 1 N–H and O–H groups in total. The Morgan fingerprint density at radius 3 is 2.52 bits per heavy atom. The van der Waals surface area contributed by atoms with Crippen LogP contribution in [0.25, 0.3) is 5.69 Å². The van der Waals surface area contributed by atoms with Crippen molar-refractivity contribution < 1.29 is 13.3 Å². The number of aromatic nitrogens is 2. The van der Waals surface area contributed by atoms with Crippen molar-refractivity contribution in [3.05, 3.63) is 71.0 Å². The van der Waals surface area contributed by atoms with Gasteiger partial charge in [0.2, 0.25) is 0 Å². The maximum atomic E-state index is 12.0. The van der Waals surface area contributed by atoms with Crippen LogP contribution < -0.4 is 5.32 Å². The first-order valence-corrected chi connectivity index (χ1v) is 9.09. The second kappa shape index (κ2) is 6.36. The fourth-order valence-electron chi connectivity index (χ4n) is 2.30. The van der Waals surface area contributed by atoms with Gasteiger partial charge in [0.15, 0.2) is 9.84 Å². The second-order valence-corrected chi connectivity index (χ2v) is 7.33. The normalized spacial score (nSPS) is 11.2. The number of benzene rings is 2. The van der Waals surface area contributed by atoms with Crippen LogP contribution in [0.3, 0.4) is 0 Å². The van der Waals surface area contributed by atoms with Crippen molar-refractivity contribution >= 4 is 26.9 Å². The zero-order valence-electron chi connectivity index (χ0n) is 13.2. The first kappa shape index (κ1) is 16.7. The molecule has 0 spiro atoms.